The number of nitrogens with zero attached hydrogens (tertiary/aromatic N) is 1. The van der Waals surface area contributed by atoms with Crippen LogP contribution in [0.1, 0.15) is 32.6 Å². The molecule has 1 N–H and O–H groups in total. The molecular weight excluding hydrogens is 436 g/mol. The molecule has 0 spiro atoms. The highest BCUT2D eigenvalue weighted by atomic mass is 35.5. The van der Waals surface area contributed by atoms with Gasteiger partial charge >= 0.3 is 0 Å². The van der Waals surface area contributed by atoms with Gasteiger partial charge in [0.25, 0.3) is 10.0 Å². The Balaban J connectivity index is 1.58. The van der Waals surface area contributed by atoms with E-state index in [0.717, 1.165) is 23.6 Å². The lowest BCUT2D eigenvalue weighted by atomic mass is 9.95. The summed E-state index contributed by atoms with van der Waals surface area (Å²) in [4.78, 5) is 13.0. The summed E-state index contributed by atoms with van der Waals surface area (Å²) < 4.78 is 33.5. The number of nitrogens with one attached hydrogen (secondary N) is 1. The summed E-state index contributed by atoms with van der Waals surface area (Å²) in [6.45, 7) is 2.11. The highest BCUT2D eigenvalue weighted by Gasteiger charge is 2.40. The molecule has 6 nitrogen and oxygen atoms in total. The molecule has 1 amide bonds. The Morgan fingerprint density at radius 1 is 1.10 bits per heavy atom. The summed E-state index contributed by atoms with van der Waals surface area (Å²) in [5.74, 6) is 1.56. The smallest absolute Gasteiger partial charge is 0.264 e. The molecule has 3 atom stereocenters. The fourth-order valence-corrected chi connectivity index (χ4v) is 6.28. The first-order valence-corrected chi connectivity index (χ1v) is 12.5. The number of fused-ring (bicyclic) bond motifs is 2. The predicted octanol–water partition coefficient (Wildman–Crippen LogP) is 4.24. The van der Waals surface area contributed by atoms with E-state index in [2.05, 4.69) is 5.32 Å². The molecule has 0 heterocycles. The van der Waals surface area contributed by atoms with Crippen molar-refractivity contribution in [1.29, 1.82) is 0 Å². The summed E-state index contributed by atoms with van der Waals surface area (Å²) in [5.41, 5.74) is 0.404. The third kappa shape index (κ3) is 4.83. The van der Waals surface area contributed by atoms with E-state index in [4.69, 9.17) is 16.3 Å². The van der Waals surface area contributed by atoms with Gasteiger partial charge in [-0.05, 0) is 86.6 Å². The van der Waals surface area contributed by atoms with E-state index >= 15 is 0 Å². The zero-order valence-corrected chi connectivity index (χ0v) is 19.0. The van der Waals surface area contributed by atoms with Crippen LogP contribution in [-0.2, 0) is 14.8 Å². The minimum absolute atomic E-state index is 0.0820. The molecule has 2 bridgehead atoms. The van der Waals surface area contributed by atoms with Crippen molar-refractivity contribution in [2.24, 2.45) is 11.8 Å². The monoisotopic (exact) mass is 462 g/mol. The van der Waals surface area contributed by atoms with Crippen molar-refractivity contribution < 1.29 is 17.9 Å². The third-order valence-corrected chi connectivity index (χ3v) is 8.25. The minimum Gasteiger partial charge on any atom is -0.494 e. The van der Waals surface area contributed by atoms with Gasteiger partial charge in [0.15, 0.2) is 0 Å². The highest BCUT2D eigenvalue weighted by Crippen LogP contribution is 2.44. The molecule has 2 fully saturated rings. The number of amides is 1. The Kier molecular flexibility index (Phi) is 6.44. The van der Waals surface area contributed by atoms with Crippen LogP contribution >= 0.6 is 11.6 Å². The maximum atomic E-state index is 13.4. The Hall–Kier alpha value is -2.25. The molecule has 2 saturated carbocycles. The van der Waals surface area contributed by atoms with Gasteiger partial charge in [0.2, 0.25) is 5.91 Å². The highest BCUT2D eigenvalue weighted by molar-refractivity contribution is 7.92. The van der Waals surface area contributed by atoms with Gasteiger partial charge in [-0.25, -0.2) is 8.42 Å². The van der Waals surface area contributed by atoms with Gasteiger partial charge in [0.05, 0.1) is 17.2 Å². The molecule has 0 saturated heterocycles. The first-order chi connectivity index (χ1) is 14.9. The molecule has 166 valence electrons. The number of sulfonamides is 1. The molecular formula is C23H27ClN2O4S. The lowest BCUT2D eigenvalue weighted by Crippen LogP contribution is -2.45. The molecule has 0 unspecified atom stereocenters. The van der Waals surface area contributed by atoms with Gasteiger partial charge < -0.3 is 10.1 Å². The lowest BCUT2D eigenvalue weighted by Gasteiger charge is -2.27. The zero-order chi connectivity index (χ0) is 22.0. The van der Waals surface area contributed by atoms with Crippen LogP contribution in [0.2, 0.25) is 5.02 Å². The number of halogens is 1. The molecule has 2 aliphatic rings. The fourth-order valence-electron chi connectivity index (χ4n) is 4.73. The summed E-state index contributed by atoms with van der Waals surface area (Å²) in [6.07, 6.45) is 4.53. The summed E-state index contributed by atoms with van der Waals surface area (Å²) >= 11 is 5.93. The van der Waals surface area contributed by atoms with Gasteiger partial charge in [0.1, 0.15) is 12.3 Å². The van der Waals surface area contributed by atoms with E-state index in [0.29, 0.717) is 34.9 Å². The van der Waals surface area contributed by atoms with Gasteiger partial charge in [-0.15, -0.1) is 0 Å². The van der Waals surface area contributed by atoms with Gasteiger partial charge in [-0.2, -0.15) is 0 Å². The van der Waals surface area contributed by atoms with E-state index in [1.54, 1.807) is 24.3 Å². The van der Waals surface area contributed by atoms with E-state index in [-0.39, 0.29) is 23.4 Å². The Morgan fingerprint density at radius 3 is 2.39 bits per heavy atom. The van der Waals surface area contributed by atoms with Crippen molar-refractivity contribution in [2.75, 3.05) is 17.5 Å². The number of benzene rings is 2. The third-order valence-electron chi connectivity index (χ3n) is 6.21. The van der Waals surface area contributed by atoms with E-state index in [9.17, 15) is 13.2 Å². The normalized spacial score (nSPS) is 22.3. The zero-order valence-electron chi connectivity index (χ0n) is 17.5. The van der Waals surface area contributed by atoms with E-state index < -0.39 is 10.0 Å². The van der Waals surface area contributed by atoms with Crippen LogP contribution in [0, 0.1) is 11.8 Å². The molecule has 0 aliphatic heterocycles. The van der Waals surface area contributed by atoms with Gasteiger partial charge in [-0.3, -0.25) is 9.10 Å². The molecule has 31 heavy (non-hydrogen) atoms. The Morgan fingerprint density at radius 2 is 1.81 bits per heavy atom. The Labute approximate surface area is 188 Å². The molecule has 4 rings (SSSR count). The first-order valence-electron chi connectivity index (χ1n) is 10.7. The van der Waals surface area contributed by atoms with Crippen molar-refractivity contribution >= 4 is 33.2 Å². The summed E-state index contributed by atoms with van der Waals surface area (Å²) in [5, 5.41) is 3.53. The van der Waals surface area contributed by atoms with Gasteiger partial charge in [-0.1, -0.05) is 18.0 Å². The standard InChI is InChI=1S/C23H27ClN2O4S/c1-2-30-20-9-7-19(8-10-20)26(31(28,29)21-11-5-18(24)6-12-21)15-23(27)25-22-14-16-3-4-17(22)13-16/h5-12,16-17,22H,2-4,13-15H2,1H3,(H,25,27)/t16-,17-,22-/m1/s1. The fraction of sp³-hybridized carbons (Fsp3) is 0.435. The van der Waals surface area contributed by atoms with Gasteiger partial charge in [0, 0.05) is 11.1 Å². The van der Waals surface area contributed by atoms with Crippen LogP contribution in [-0.4, -0.2) is 33.5 Å². The van der Waals surface area contributed by atoms with Crippen LogP contribution in [0.15, 0.2) is 53.4 Å². The molecule has 0 radical (unpaired) electrons. The topological polar surface area (TPSA) is 75.7 Å². The van der Waals surface area contributed by atoms with Crippen LogP contribution in [0.5, 0.6) is 5.75 Å². The molecule has 2 aromatic carbocycles. The quantitative estimate of drug-likeness (QED) is 0.636. The van der Waals surface area contributed by atoms with Crippen molar-refractivity contribution in [3.8, 4) is 5.75 Å². The predicted molar refractivity (Wildman–Crippen MR) is 121 cm³/mol. The number of anilines is 1. The second-order valence-corrected chi connectivity index (χ2v) is 10.5. The maximum absolute atomic E-state index is 13.4. The van der Waals surface area contributed by atoms with Crippen molar-refractivity contribution in [2.45, 2.75) is 43.5 Å². The molecule has 8 heteroatoms. The van der Waals surface area contributed by atoms with Crippen molar-refractivity contribution in [3.05, 3.63) is 53.6 Å². The SMILES string of the molecule is CCOc1ccc(N(CC(=O)N[C@@H]2C[C@@H]3CC[C@@H]2C3)S(=O)(=O)c2ccc(Cl)cc2)cc1. The van der Waals surface area contributed by atoms with Crippen LogP contribution < -0.4 is 14.4 Å². The minimum atomic E-state index is -3.96. The summed E-state index contributed by atoms with van der Waals surface area (Å²) in [6, 6.07) is 12.8. The van der Waals surface area contributed by atoms with Crippen molar-refractivity contribution in [3.63, 3.8) is 0 Å². The largest absolute Gasteiger partial charge is 0.494 e. The average Bonchev–Trinajstić information content (AvgIpc) is 3.36. The Bertz CT molecular complexity index is 1020. The van der Waals surface area contributed by atoms with Crippen molar-refractivity contribution in [1.82, 2.24) is 5.32 Å². The van der Waals surface area contributed by atoms with E-state index in [1.165, 1.54) is 30.7 Å². The number of hydrogen-bond donors (Lipinski definition) is 1. The van der Waals surface area contributed by atoms with Crippen LogP contribution in [0.3, 0.4) is 0 Å². The second-order valence-electron chi connectivity index (χ2n) is 8.24. The lowest BCUT2D eigenvalue weighted by molar-refractivity contribution is -0.120. The van der Waals surface area contributed by atoms with E-state index in [1.807, 2.05) is 6.92 Å². The number of hydrogen-bond acceptors (Lipinski definition) is 4. The number of carbonyl (C=O) groups excluding carboxylic acids is 1. The molecule has 0 aromatic heterocycles. The second kappa shape index (κ2) is 9.09. The average molecular weight is 463 g/mol. The maximum Gasteiger partial charge on any atom is 0.264 e. The number of rotatable bonds is 8. The first kappa shape index (κ1) is 22.0. The van der Waals surface area contributed by atoms with Crippen LogP contribution in [0.25, 0.3) is 0 Å². The van der Waals surface area contributed by atoms with Crippen LogP contribution in [0.4, 0.5) is 5.69 Å². The molecule has 2 aliphatic carbocycles. The summed E-state index contributed by atoms with van der Waals surface area (Å²) in [7, 11) is -3.96. The number of carbonyl (C=O) groups is 1. The molecule has 2 aromatic rings. The number of ether oxygens (including phenoxy) is 1.